The Kier molecular flexibility index (Phi) is 7.66. The van der Waals surface area contributed by atoms with Crippen LogP contribution in [0.2, 0.25) is 0 Å². The molecule has 33 heavy (non-hydrogen) atoms. The van der Waals surface area contributed by atoms with Crippen molar-refractivity contribution in [3.8, 4) is 11.5 Å². The van der Waals surface area contributed by atoms with E-state index in [1.165, 1.54) is 19.1 Å². The highest BCUT2D eigenvalue weighted by atomic mass is 16.5. The van der Waals surface area contributed by atoms with Crippen molar-refractivity contribution in [3.05, 3.63) is 59.7 Å². The number of methoxy groups -OCH3 is 2. The maximum absolute atomic E-state index is 13.1. The predicted molar refractivity (Wildman–Crippen MR) is 119 cm³/mol. The Bertz CT molecular complexity index is 1020. The van der Waals surface area contributed by atoms with Crippen molar-refractivity contribution in [2.24, 2.45) is 5.73 Å². The lowest BCUT2D eigenvalue weighted by Crippen LogP contribution is -2.53. The molecule has 2 aromatic carbocycles. The molecule has 3 N–H and O–H groups in total. The average molecular weight is 453 g/mol. The number of benzene rings is 2. The maximum Gasteiger partial charge on any atom is 0.287 e. The Morgan fingerprint density at radius 2 is 1.70 bits per heavy atom. The van der Waals surface area contributed by atoms with Crippen LogP contribution < -0.4 is 20.5 Å². The van der Waals surface area contributed by atoms with E-state index >= 15 is 0 Å². The van der Waals surface area contributed by atoms with Gasteiger partial charge in [0.25, 0.3) is 5.91 Å². The fourth-order valence-corrected chi connectivity index (χ4v) is 3.86. The first kappa shape index (κ1) is 23.8. The minimum absolute atomic E-state index is 0.113. The number of carbonyl (C=O) groups is 4. The Balaban J connectivity index is 1.78. The molecule has 0 spiro atoms. The number of Topliss-reactive ketones (excluding diaryl/α,β-unsaturated/α-hetero) is 1. The molecule has 3 amide bonds. The Morgan fingerprint density at radius 1 is 1.06 bits per heavy atom. The third-order valence-electron chi connectivity index (χ3n) is 5.55. The summed E-state index contributed by atoms with van der Waals surface area (Å²) in [5, 5.41) is 2.64. The second-order valence-electron chi connectivity index (χ2n) is 7.78. The zero-order valence-corrected chi connectivity index (χ0v) is 18.6. The van der Waals surface area contributed by atoms with Gasteiger partial charge in [0.05, 0.1) is 14.2 Å². The zero-order chi connectivity index (χ0) is 24.0. The third-order valence-corrected chi connectivity index (χ3v) is 5.55. The van der Waals surface area contributed by atoms with Gasteiger partial charge >= 0.3 is 0 Å². The number of nitrogens with two attached hydrogens (primary N) is 1. The topological polar surface area (TPSA) is 128 Å². The largest absolute Gasteiger partial charge is 0.497 e. The van der Waals surface area contributed by atoms with Gasteiger partial charge in [0.2, 0.25) is 17.6 Å². The van der Waals surface area contributed by atoms with E-state index in [-0.39, 0.29) is 25.3 Å². The van der Waals surface area contributed by atoms with Gasteiger partial charge in [-0.15, -0.1) is 0 Å². The lowest BCUT2D eigenvalue weighted by molar-refractivity contribution is -0.140. The molecule has 9 nitrogen and oxygen atoms in total. The normalized spacial score (nSPS) is 16.2. The van der Waals surface area contributed by atoms with Crippen LogP contribution in [0, 0.1) is 0 Å². The van der Waals surface area contributed by atoms with Crippen molar-refractivity contribution in [2.45, 2.75) is 37.9 Å². The van der Waals surface area contributed by atoms with Crippen LogP contribution in [0.3, 0.4) is 0 Å². The molecule has 1 heterocycles. The van der Waals surface area contributed by atoms with E-state index < -0.39 is 29.7 Å². The number of carbonyl (C=O) groups excluding carboxylic acids is 4. The van der Waals surface area contributed by atoms with Gasteiger partial charge in [-0.1, -0.05) is 30.3 Å². The van der Waals surface area contributed by atoms with Crippen molar-refractivity contribution in [2.75, 3.05) is 14.2 Å². The Hall–Kier alpha value is -3.88. The van der Waals surface area contributed by atoms with Crippen LogP contribution in [0.5, 0.6) is 11.5 Å². The van der Waals surface area contributed by atoms with Crippen LogP contribution in [0.15, 0.2) is 48.5 Å². The van der Waals surface area contributed by atoms with Crippen LogP contribution in [0.4, 0.5) is 0 Å². The van der Waals surface area contributed by atoms with Crippen molar-refractivity contribution in [1.82, 2.24) is 10.2 Å². The smallest absolute Gasteiger partial charge is 0.287 e. The maximum atomic E-state index is 13.1. The molecule has 1 fully saturated rings. The quantitative estimate of drug-likeness (QED) is 0.516. The monoisotopic (exact) mass is 453 g/mol. The summed E-state index contributed by atoms with van der Waals surface area (Å²) in [6.45, 7) is 0.164. The first-order valence-electron chi connectivity index (χ1n) is 10.5. The molecule has 2 aromatic rings. The van der Waals surface area contributed by atoms with E-state index in [9.17, 15) is 19.2 Å². The molecule has 1 unspecified atom stereocenters. The number of primary amides is 1. The summed E-state index contributed by atoms with van der Waals surface area (Å²) >= 11 is 0. The molecule has 0 aromatic heterocycles. The van der Waals surface area contributed by atoms with Gasteiger partial charge < -0.3 is 25.4 Å². The lowest BCUT2D eigenvalue weighted by Gasteiger charge is -2.26. The van der Waals surface area contributed by atoms with Crippen LogP contribution in [0.25, 0.3) is 0 Å². The highest BCUT2D eigenvalue weighted by molar-refractivity contribution is 6.38. The van der Waals surface area contributed by atoms with Crippen molar-refractivity contribution in [1.29, 1.82) is 0 Å². The van der Waals surface area contributed by atoms with Crippen molar-refractivity contribution in [3.63, 3.8) is 0 Å². The van der Waals surface area contributed by atoms with Gasteiger partial charge in [-0.2, -0.15) is 0 Å². The molecule has 174 valence electrons. The van der Waals surface area contributed by atoms with Gasteiger partial charge in [0.1, 0.15) is 23.6 Å². The number of hydrogen-bond acceptors (Lipinski definition) is 6. The fraction of sp³-hybridized carbons (Fsp3) is 0.333. The molecule has 0 bridgehead atoms. The molecule has 0 radical (unpaired) electrons. The summed E-state index contributed by atoms with van der Waals surface area (Å²) in [6, 6.07) is 12.3. The van der Waals surface area contributed by atoms with E-state index in [4.69, 9.17) is 15.2 Å². The lowest BCUT2D eigenvalue weighted by atomic mass is 10.0. The van der Waals surface area contributed by atoms with Crippen molar-refractivity contribution >= 4 is 23.5 Å². The van der Waals surface area contributed by atoms with Gasteiger partial charge in [0.15, 0.2) is 0 Å². The Labute approximate surface area is 191 Å². The van der Waals surface area contributed by atoms with E-state index in [2.05, 4.69) is 5.32 Å². The highest BCUT2D eigenvalue weighted by Gasteiger charge is 2.38. The molecule has 1 aliphatic heterocycles. The minimum Gasteiger partial charge on any atom is -0.497 e. The summed E-state index contributed by atoms with van der Waals surface area (Å²) < 4.78 is 10.6. The summed E-state index contributed by atoms with van der Waals surface area (Å²) in [4.78, 5) is 51.0. The summed E-state index contributed by atoms with van der Waals surface area (Å²) in [5.41, 5.74) is 6.69. The van der Waals surface area contributed by atoms with Crippen LogP contribution in [-0.2, 0) is 32.1 Å². The molecule has 0 aliphatic carbocycles. The molecular weight excluding hydrogens is 426 g/mol. The number of amides is 3. The van der Waals surface area contributed by atoms with Crippen LogP contribution in [-0.4, -0.2) is 54.7 Å². The number of likely N-dealkylation sites (tertiary alicyclic amines) is 1. The average Bonchev–Trinajstić information content (AvgIpc) is 3.18. The number of ether oxygens (including phenoxy) is 2. The first-order valence-corrected chi connectivity index (χ1v) is 10.5. The van der Waals surface area contributed by atoms with Gasteiger partial charge in [-0.25, -0.2) is 0 Å². The second-order valence-corrected chi connectivity index (χ2v) is 7.78. The number of rotatable bonds is 10. The standard InChI is InChI=1S/C24H27N3O6/c1-32-17-10-16(11-18(13-17)33-2)14-27-20(8-9-21(27)28)24(31)26-19(22(29)23(25)30)12-15-6-4-3-5-7-15/h3-7,10-11,13,19-20H,8-9,12,14H2,1-2H3,(H2,25,30)(H,26,31)/t19?,20-/m0/s1. The predicted octanol–water partition coefficient (Wildman–Crippen LogP) is 0.977. The third kappa shape index (κ3) is 5.88. The van der Waals surface area contributed by atoms with Crippen LogP contribution >= 0.6 is 0 Å². The number of ketones is 1. The molecule has 0 saturated carbocycles. The highest BCUT2D eigenvalue weighted by Crippen LogP contribution is 2.27. The van der Waals surface area contributed by atoms with E-state index in [0.29, 0.717) is 17.9 Å². The van der Waals surface area contributed by atoms with Gasteiger partial charge in [-0.3, -0.25) is 19.2 Å². The number of nitrogens with zero attached hydrogens (tertiary/aromatic N) is 1. The number of hydrogen-bond donors (Lipinski definition) is 2. The van der Waals surface area contributed by atoms with Gasteiger partial charge in [-0.05, 0) is 29.7 Å². The molecule has 2 atom stereocenters. The SMILES string of the molecule is COc1cc(CN2C(=O)CC[C@H]2C(=O)NC(Cc2ccccc2)C(=O)C(N)=O)cc(OC)c1. The second kappa shape index (κ2) is 10.6. The van der Waals surface area contributed by atoms with Crippen molar-refractivity contribution < 1.29 is 28.7 Å². The summed E-state index contributed by atoms with van der Waals surface area (Å²) in [6.07, 6.45) is 0.614. The van der Waals surface area contributed by atoms with E-state index in [0.717, 1.165) is 11.1 Å². The summed E-state index contributed by atoms with van der Waals surface area (Å²) in [7, 11) is 3.05. The van der Waals surface area contributed by atoms with Crippen LogP contribution in [0.1, 0.15) is 24.0 Å². The summed E-state index contributed by atoms with van der Waals surface area (Å²) in [5.74, 6) is -1.58. The van der Waals surface area contributed by atoms with E-state index in [1.807, 2.05) is 6.07 Å². The molecule has 1 saturated heterocycles. The number of nitrogens with one attached hydrogen (secondary N) is 1. The Morgan fingerprint density at radius 3 is 2.27 bits per heavy atom. The molecule has 1 aliphatic rings. The van der Waals surface area contributed by atoms with Gasteiger partial charge in [0, 0.05) is 25.5 Å². The minimum atomic E-state index is -1.13. The fourth-order valence-electron chi connectivity index (χ4n) is 3.86. The zero-order valence-electron chi connectivity index (χ0n) is 18.6. The molecule has 9 heteroatoms. The molecular formula is C24H27N3O6. The first-order chi connectivity index (χ1) is 15.8. The molecule has 3 rings (SSSR count). The van der Waals surface area contributed by atoms with E-state index in [1.54, 1.807) is 42.5 Å².